The summed E-state index contributed by atoms with van der Waals surface area (Å²) in [6.45, 7) is 1.57. The first-order valence-corrected chi connectivity index (χ1v) is 9.53. The van der Waals surface area contributed by atoms with E-state index in [1.165, 1.54) is 13.1 Å². The number of benzene rings is 1. The summed E-state index contributed by atoms with van der Waals surface area (Å²) in [7, 11) is -2.44. The largest absolute Gasteiger partial charge is 0.448 e. The number of nitrogen functional groups attached to an aromatic ring is 1. The van der Waals surface area contributed by atoms with Gasteiger partial charge in [0.25, 0.3) is 15.9 Å². The summed E-state index contributed by atoms with van der Waals surface area (Å²) in [4.78, 5) is 12.6. The topological polar surface area (TPSA) is 114 Å². The zero-order valence-corrected chi connectivity index (χ0v) is 14.9. The minimum absolute atomic E-state index is 0.129. The molecule has 0 aliphatic heterocycles. The van der Waals surface area contributed by atoms with Crippen LogP contribution in [0.3, 0.4) is 0 Å². The molecule has 0 bridgehead atoms. The van der Waals surface area contributed by atoms with Crippen molar-refractivity contribution in [2.75, 3.05) is 12.8 Å². The molecule has 0 radical (unpaired) electrons. The molecule has 1 amide bonds. The number of rotatable bonds is 4. The quantitative estimate of drug-likeness (QED) is 0.718. The molecule has 8 heteroatoms. The van der Waals surface area contributed by atoms with Crippen molar-refractivity contribution in [1.29, 1.82) is 0 Å². The van der Waals surface area contributed by atoms with Gasteiger partial charge in [-0.1, -0.05) is 6.07 Å². The Labute approximate surface area is 146 Å². The molecule has 1 atom stereocenters. The van der Waals surface area contributed by atoms with Gasteiger partial charge in [-0.2, -0.15) is 0 Å². The van der Waals surface area contributed by atoms with Crippen LogP contribution in [0.2, 0.25) is 0 Å². The molecule has 4 N–H and O–H groups in total. The van der Waals surface area contributed by atoms with Crippen molar-refractivity contribution >= 4 is 21.6 Å². The number of aryl methyl sites for hydroxylation is 2. The molecule has 134 valence electrons. The van der Waals surface area contributed by atoms with Crippen LogP contribution in [-0.4, -0.2) is 21.4 Å². The zero-order chi connectivity index (χ0) is 18.2. The maximum Gasteiger partial charge on any atom is 0.273 e. The third-order valence-corrected chi connectivity index (χ3v) is 5.73. The molecule has 0 spiro atoms. The predicted octanol–water partition coefficient (Wildman–Crippen LogP) is 1.89. The number of nitrogens with two attached hydrogens (primary N) is 1. The van der Waals surface area contributed by atoms with Gasteiger partial charge in [-0.05, 0) is 56.5 Å². The average molecular weight is 363 g/mol. The van der Waals surface area contributed by atoms with Crippen LogP contribution in [0.1, 0.15) is 46.1 Å². The lowest BCUT2D eigenvalue weighted by Crippen LogP contribution is -2.31. The standard InChI is InChI=1S/C17H21N3O4S/c1-10-14(9-16(24-10)25(22,23)19-2)17(21)20-15-5-3-4-11-8-12(18)6-7-13(11)15/h6-9,15,19H,3-5,18H2,1-2H3,(H,20,21). The smallest absolute Gasteiger partial charge is 0.273 e. The summed E-state index contributed by atoms with van der Waals surface area (Å²) >= 11 is 0. The van der Waals surface area contributed by atoms with Gasteiger partial charge in [0, 0.05) is 11.8 Å². The second-order valence-electron chi connectivity index (χ2n) is 6.12. The van der Waals surface area contributed by atoms with Crippen molar-refractivity contribution in [3.05, 3.63) is 46.7 Å². The van der Waals surface area contributed by atoms with E-state index < -0.39 is 10.0 Å². The highest BCUT2D eigenvalue weighted by Gasteiger charge is 2.26. The molecule has 1 aromatic carbocycles. The van der Waals surface area contributed by atoms with Crippen molar-refractivity contribution in [3.8, 4) is 0 Å². The summed E-state index contributed by atoms with van der Waals surface area (Å²) in [6.07, 6.45) is 2.70. The SMILES string of the molecule is CNS(=O)(=O)c1cc(C(=O)NC2CCCc3cc(N)ccc32)c(C)o1. The van der Waals surface area contributed by atoms with Gasteiger partial charge in [0.1, 0.15) is 5.76 Å². The number of hydrogen-bond acceptors (Lipinski definition) is 5. The molecule has 1 aliphatic rings. The molecule has 1 unspecified atom stereocenters. The lowest BCUT2D eigenvalue weighted by molar-refractivity contribution is 0.0931. The number of sulfonamides is 1. The van der Waals surface area contributed by atoms with E-state index in [9.17, 15) is 13.2 Å². The number of nitrogens with one attached hydrogen (secondary N) is 2. The van der Waals surface area contributed by atoms with Gasteiger partial charge in [0.15, 0.2) is 0 Å². The van der Waals surface area contributed by atoms with Crippen LogP contribution in [0.15, 0.2) is 33.8 Å². The van der Waals surface area contributed by atoms with Gasteiger partial charge < -0.3 is 15.5 Å². The van der Waals surface area contributed by atoms with E-state index in [2.05, 4.69) is 10.0 Å². The Hall–Kier alpha value is -2.32. The van der Waals surface area contributed by atoms with E-state index >= 15 is 0 Å². The predicted molar refractivity (Wildman–Crippen MR) is 93.7 cm³/mol. The van der Waals surface area contributed by atoms with Crippen molar-refractivity contribution in [2.45, 2.75) is 37.3 Å². The van der Waals surface area contributed by atoms with E-state index in [-0.39, 0.29) is 28.4 Å². The highest BCUT2D eigenvalue weighted by molar-refractivity contribution is 7.89. The summed E-state index contributed by atoms with van der Waals surface area (Å²) in [5.74, 6) is -0.0897. The molecule has 0 fully saturated rings. The van der Waals surface area contributed by atoms with Crippen LogP contribution < -0.4 is 15.8 Å². The molecule has 1 aromatic heterocycles. The normalized spacial score (nSPS) is 17.1. The van der Waals surface area contributed by atoms with Gasteiger partial charge in [-0.3, -0.25) is 4.79 Å². The first-order valence-electron chi connectivity index (χ1n) is 8.05. The second kappa shape index (κ2) is 6.53. The Morgan fingerprint density at radius 2 is 2.08 bits per heavy atom. The van der Waals surface area contributed by atoms with Gasteiger partial charge >= 0.3 is 0 Å². The Kier molecular flexibility index (Phi) is 4.57. The van der Waals surface area contributed by atoms with Gasteiger partial charge in [-0.15, -0.1) is 0 Å². The molecule has 0 saturated carbocycles. The van der Waals surface area contributed by atoms with E-state index in [1.54, 1.807) is 6.92 Å². The maximum absolute atomic E-state index is 12.6. The third-order valence-electron chi connectivity index (χ3n) is 4.46. The van der Waals surface area contributed by atoms with Crippen LogP contribution >= 0.6 is 0 Å². The third kappa shape index (κ3) is 3.40. The van der Waals surface area contributed by atoms with Gasteiger partial charge in [0.05, 0.1) is 11.6 Å². The fraction of sp³-hybridized carbons (Fsp3) is 0.353. The monoisotopic (exact) mass is 363 g/mol. The number of hydrogen-bond donors (Lipinski definition) is 3. The molecule has 7 nitrogen and oxygen atoms in total. The molecule has 1 aliphatic carbocycles. The number of fused-ring (bicyclic) bond motifs is 1. The highest BCUT2D eigenvalue weighted by Crippen LogP contribution is 2.31. The Bertz CT molecular complexity index is 918. The van der Waals surface area contributed by atoms with E-state index in [1.807, 2.05) is 18.2 Å². The first-order chi connectivity index (χ1) is 11.8. The number of carbonyl (C=O) groups excluding carboxylic acids is 1. The summed E-state index contributed by atoms with van der Waals surface area (Å²) in [5, 5.41) is 2.71. The number of carbonyl (C=O) groups is 1. The van der Waals surface area contributed by atoms with Crippen molar-refractivity contribution in [2.24, 2.45) is 0 Å². The summed E-state index contributed by atoms with van der Waals surface area (Å²) in [5.41, 5.74) is 8.95. The van der Waals surface area contributed by atoms with Crippen LogP contribution in [0.5, 0.6) is 0 Å². The van der Waals surface area contributed by atoms with E-state index in [4.69, 9.17) is 10.2 Å². The van der Waals surface area contributed by atoms with Crippen molar-refractivity contribution in [3.63, 3.8) is 0 Å². The Morgan fingerprint density at radius 1 is 1.32 bits per heavy atom. The molecule has 0 saturated heterocycles. The minimum atomic E-state index is -3.73. The summed E-state index contributed by atoms with van der Waals surface area (Å²) in [6, 6.07) is 6.82. The first kappa shape index (κ1) is 17.5. The Morgan fingerprint density at radius 3 is 2.80 bits per heavy atom. The molecular formula is C17H21N3O4S. The van der Waals surface area contributed by atoms with Crippen LogP contribution in [0.25, 0.3) is 0 Å². The molecule has 1 heterocycles. The van der Waals surface area contributed by atoms with Crippen LogP contribution in [0.4, 0.5) is 5.69 Å². The minimum Gasteiger partial charge on any atom is -0.448 e. The fourth-order valence-corrected chi connectivity index (χ4v) is 3.84. The maximum atomic E-state index is 12.6. The Balaban J connectivity index is 1.85. The molecule has 25 heavy (non-hydrogen) atoms. The zero-order valence-electron chi connectivity index (χ0n) is 14.1. The number of amides is 1. The fourth-order valence-electron chi connectivity index (χ4n) is 3.13. The second-order valence-corrected chi connectivity index (χ2v) is 7.94. The molecular weight excluding hydrogens is 342 g/mol. The molecule has 2 aromatic rings. The van der Waals surface area contributed by atoms with Crippen LogP contribution in [0, 0.1) is 6.92 Å². The van der Waals surface area contributed by atoms with E-state index in [0.717, 1.165) is 30.4 Å². The van der Waals surface area contributed by atoms with Gasteiger partial charge in [0.2, 0.25) is 5.09 Å². The number of anilines is 1. The highest BCUT2D eigenvalue weighted by atomic mass is 32.2. The number of furan rings is 1. The summed E-state index contributed by atoms with van der Waals surface area (Å²) < 4.78 is 31.1. The van der Waals surface area contributed by atoms with Crippen molar-refractivity contribution < 1.29 is 17.6 Å². The van der Waals surface area contributed by atoms with Gasteiger partial charge in [-0.25, -0.2) is 13.1 Å². The average Bonchev–Trinajstić information content (AvgIpc) is 2.97. The van der Waals surface area contributed by atoms with Crippen molar-refractivity contribution in [1.82, 2.24) is 10.0 Å². The lowest BCUT2D eigenvalue weighted by Gasteiger charge is -2.26. The molecule has 3 rings (SSSR count). The van der Waals surface area contributed by atoms with E-state index in [0.29, 0.717) is 5.69 Å². The lowest BCUT2D eigenvalue weighted by atomic mass is 9.87. The van der Waals surface area contributed by atoms with Crippen LogP contribution in [-0.2, 0) is 16.4 Å².